The van der Waals surface area contributed by atoms with Gasteiger partial charge < -0.3 is 18.3 Å². The van der Waals surface area contributed by atoms with Crippen LogP contribution in [0.5, 0.6) is 0 Å². The van der Waals surface area contributed by atoms with E-state index in [1.54, 1.807) is 194 Å². The standard InChI is InChI=1S/C55H42N6O4P4/c62-66(42-25-9-1-10-26-42,43-27-11-2-12-28-43)52-56-50(57-53(60-52)67(63,44-29-13-3-14-30-44)45-31-15-4-16-32-45)41-51-58-54(68(64,46-33-17-5-18-34-46)47-35-19-6-20-36-47)61-55(59-51)69(65,48-37-21-7-22-38-48)49-39-23-8-24-40-49/h1-40H,41H2. The van der Waals surface area contributed by atoms with Gasteiger partial charge in [0.15, 0.2) is 0 Å². The third-order valence-corrected chi connectivity index (χ3v) is 23.0. The fourth-order valence-electron chi connectivity index (χ4n) is 8.28. The van der Waals surface area contributed by atoms with E-state index in [0.29, 0.717) is 42.4 Å². The number of benzene rings is 8. The Labute approximate surface area is 400 Å². The summed E-state index contributed by atoms with van der Waals surface area (Å²) in [4.78, 5) is 30.1. The molecule has 0 bridgehead atoms. The van der Waals surface area contributed by atoms with Gasteiger partial charge in [0, 0.05) is 42.4 Å². The Morgan fingerprint density at radius 2 is 0.362 bits per heavy atom. The Morgan fingerprint density at radius 3 is 0.507 bits per heavy atom. The minimum Gasteiger partial charge on any atom is -0.305 e. The van der Waals surface area contributed by atoms with Crippen LogP contribution in [0.1, 0.15) is 11.6 Å². The van der Waals surface area contributed by atoms with Crippen molar-refractivity contribution in [1.29, 1.82) is 0 Å². The summed E-state index contributed by atoms with van der Waals surface area (Å²) in [6.07, 6.45) is -0.286. The van der Waals surface area contributed by atoms with E-state index in [-0.39, 0.29) is 40.3 Å². The second-order valence-corrected chi connectivity index (χ2v) is 26.6. The van der Waals surface area contributed by atoms with E-state index in [2.05, 4.69) is 0 Å². The topological polar surface area (TPSA) is 146 Å². The van der Waals surface area contributed by atoms with E-state index in [1.807, 2.05) is 48.5 Å². The Balaban J connectivity index is 1.28. The summed E-state index contributed by atoms with van der Waals surface area (Å²) in [5, 5.41) is 3.64. The Kier molecular flexibility index (Phi) is 12.8. The number of hydrogen-bond donors (Lipinski definition) is 0. The molecule has 0 spiro atoms. The van der Waals surface area contributed by atoms with Crippen molar-refractivity contribution in [3.63, 3.8) is 0 Å². The number of nitrogens with zero attached hydrogens (tertiary/aromatic N) is 6. The van der Waals surface area contributed by atoms with Gasteiger partial charge in [-0.05, 0) is 0 Å². The quantitative estimate of drug-likeness (QED) is 0.116. The molecular weight excluding hydrogens is 933 g/mol. The minimum atomic E-state index is -3.95. The predicted molar refractivity (Wildman–Crippen MR) is 280 cm³/mol. The lowest BCUT2D eigenvalue weighted by Gasteiger charge is -2.23. The first-order valence-electron chi connectivity index (χ1n) is 22.1. The van der Waals surface area contributed by atoms with Crippen LogP contribution < -0.4 is 64.7 Å². The minimum absolute atomic E-state index is 0.0285. The molecule has 10 nitrogen and oxygen atoms in total. The maximum Gasteiger partial charge on any atom is 0.206 e. The predicted octanol–water partition coefficient (Wildman–Crippen LogP) is 6.21. The van der Waals surface area contributed by atoms with Crippen LogP contribution in [0.15, 0.2) is 243 Å². The van der Waals surface area contributed by atoms with Crippen molar-refractivity contribution in [3.05, 3.63) is 254 Å². The van der Waals surface area contributed by atoms with E-state index in [9.17, 15) is 0 Å². The van der Waals surface area contributed by atoms with Crippen LogP contribution in [0.25, 0.3) is 0 Å². The molecule has 0 atom stereocenters. The molecule has 10 aromatic rings. The molecule has 0 N–H and O–H groups in total. The molecule has 2 aromatic heterocycles. The van der Waals surface area contributed by atoms with Crippen molar-refractivity contribution in [2.24, 2.45) is 0 Å². The van der Waals surface area contributed by atoms with Crippen molar-refractivity contribution in [1.82, 2.24) is 29.9 Å². The molecule has 0 unspecified atom stereocenters. The highest BCUT2D eigenvalue weighted by Gasteiger charge is 2.41. The van der Waals surface area contributed by atoms with Gasteiger partial charge in [-0.25, -0.2) is 29.9 Å². The molecule has 0 saturated carbocycles. The van der Waals surface area contributed by atoms with Crippen molar-refractivity contribution >= 4 is 93.3 Å². The zero-order chi connectivity index (χ0) is 47.3. The highest BCUT2D eigenvalue weighted by molar-refractivity contribution is 7.87. The lowest BCUT2D eigenvalue weighted by Crippen LogP contribution is -2.40. The molecular formula is C55H42N6O4P4. The van der Waals surface area contributed by atoms with Crippen LogP contribution in [0.4, 0.5) is 0 Å². The summed E-state index contributed by atoms with van der Waals surface area (Å²) >= 11 is 0. The first-order valence-corrected chi connectivity index (χ1v) is 28.9. The lowest BCUT2D eigenvalue weighted by molar-refractivity contribution is 0.589. The van der Waals surface area contributed by atoms with Gasteiger partial charge in [-0.1, -0.05) is 243 Å². The number of aromatic nitrogens is 6. The van der Waals surface area contributed by atoms with Gasteiger partial charge in [0.2, 0.25) is 50.8 Å². The molecule has 0 saturated heterocycles. The Bertz CT molecular complexity index is 2940. The average molecular weight is 975 g/mol. The van der Waals surface area contributed by atoms with E-state index >= 15 is 18.3 Å². The first kappa shape index (κ1) is 45.5. The summed E-state index contributed by atoms with van der Waals surface area (Å²) in [6, 6.07) is 71.8. The van der Waals surface area contributed by atoms with E-state index in [0.717, 1.165) is 0 Å². The number of rotatable bonds is 14. The van der Waals surface area contributed by atoms with Crippen molar-refractivity contribution < 1.29 is 18.3 Å². The molecule has 10 rings (SSSR count). The third kappa shape index (κ3) is 8.52. The zero-order valence-electron chi connectivity index (χ0n) is 36.9. The van der Waals surface area contributed by atoms with E-state index in [4.69, 9.17) is 29.9 Å². The summed E-state index contributed by atoms with van der Waals surface area (Å²) in [7, 11) is -15.8. The largest absolute Gasteiger partial charge is 0.305 e. The van der Waals surface area contributed by atoms with Gasteiger partial charge in [0.25, 0.3) is 0 Å². The maximum atomic E-state index is 16.2. The fraction of sp³-hybridized carbons (Fsp3) is 0.0182. The van der Waals surface area contributed by atoms with Gasteiger partial charge in [-0.3, -0.25) is 0 Å². The van der Waals surface area contributed by atoms with Crippen LogP contribution in [0.2, 0.25) is 0 Å². The van der Waals surface area contributed by atoms with Crippen molar-refractivity contribution in [3.8, 4) is 0 Å². The Morgan fingerprint density at radius 1 is 0.217 bits per heavy atom. The van der Waals surface area contributed by atoms with Crippen LogP contribution in [-0.2, 0) is 24.7 Å². The van der Waals surface area contributed by atoms with Crippen molar-refractivity contribution in [2.75, 3.05) is 0 Å². The zero-order valence-corrected chi connectivity index (χ0v) is 40.5. The molecule has 0 radical (unpaired) electrons. The summed E-state index contributed by atoms with van der Waals surface area (Å²) in [5.74, 6) is 0.0570. The summed E-state index contributed by atoms with van der Waals surface area (Å²) in [5.41, 5.74) is -0.389. The van der Waals surface area contributed by atoms with Crippen molar-refractivity contribution in [2.45, 2.75) is 6.42 Å². The molecule has 0 fully saturated rings. The molecule has 2 heterocycles. The first-order chi connectivity index (χ1) is 33.7. The van der Waals surface area contributed by atoms with Gasteiger partial charge >= 0.3 is 0 Å². The molecule has 0 aliphatic carbocycles. The molecule has 0 amide bonds. The molecule has 14 heteroatoms. The molecule has 0 aliphatic heterocycles. The Hall–Kier alpha value is -7.30. The number of hydrogen-bond acceptors (Lipinski definition) is 10. The molecule has 69 heavy (non-hydrogen) atoms. The van der Waals surface area contributed by atoms with Crippen LogP contribution >= 0.6 is 28.6 Å². The highest BCUT2D eigenvalue weighted by atomic mass is 31.2. The van der Waals surface area contributed by atoms with E-state index < -0.39 is 28.6 Å². The van der Waals surface area contributed by atoms with Crippen LogP contribution in [0.3, 0.4) is 0 Å². The lowest BCUT2D eigenvalue weighted by atomic mass is 10.4. The second kappa shape index (κ2) is 19.4. The van der Waals surface area contributed by atoms with Crippen LogP contribution in [-0.4, -0.2) is 29.9 Å². The average Bonchev–Trinajstić information content (AvgIpc) is 3.43. The maximum absolute atomic E-state index is 16.2. The normalized spacial score (nSPS) is 12.1. The highest BCUT2D eigenvalue weighted by Crippen LogP contribution is 2.46. The second-order valence-electron chi connectivity index (χ2n) is 16.0. The SMILES string of the molecule is O=P(c1ccccc1)(c1ccccc1)c1nc(Cc2nc(P(=O)(c3ccccc3)c3ccccc3)nc(P(=O)(c3ccccc3)c3ccccc3)n2)nc(P(=O)(c2ccccc2)c2ccccc2)n1. The third-order valence-electron chi connectivity index (χ3n) is 11.7. The molecule has 0 aliphatic rings. The molecule has 336 valence electrons. The monoisotopic (exact) mass is 974 g/mol. The fourth-order valence-corrected chi connectivity index (χ4v) is 18.2. The molecule has 8 aromatic carbocycles. The van der Waals surface area contributed by atoms with Gasteiger partial charge in [-0.2, -0.15) is 0 Å². The summed E-state index contributed by atoms with van der Waals surface area (Å²) in [6.45, 7) is 0. The smallest absolute Gasteiger partial charge is 0.206 e. The van der Waals surface area contributed by atoms with Gasteiger partial charge in [-0.15, -0.1) is 0 Å². The van der Waals surface area contributed by atoms with Gasteiger partial charge in [0.1, 0.15) is 11.6 Å². The van der Waals surface area contributed by atoms with Gasteiger partial charge in [0.05, 0.1) is 6.42 Å². The summed E-state index contributed by atoms with van der Waals surface area (Å²) < 4.78 is 64.9. The van der Waals surface area contributed by atoms with Crippen LogP contribution in [0, 0.1) is 0 Å². The van der Waals surface area contributed by atoms with E-state index in [1.165, 1.54) is 0 Å².